The van der Waals surface area contributed by atoms with Crippen LogP contribution in [0.4, 0.5) is 5.69 Å². The van der Waals surface area contributed by atoms with E-state index in [2.05, 4.69) is 15.5 Å². The van der Waals surface area contributed by atoms with Crippen LogP contribution in [-0.4, -0.2) is 22.4 Å². The molecule has 0 radical (unpaired) electrons. The summed E-state index contributed by atoms with van der Waals surface area (Å²) < 4.78 is 0. The molecule has 20 heavy (non-hydrogen) atoms. The lowest BCUT2D eigenvalue weighted by molar-refractivity contribution is 0.102. The number of H-pyrrole nitrogens is 1. The van der Waals surface area contributed by atoms with E-state index in [1.165, 1.54) is 4.90 Å². The number of nitrogens with one attached hydrogen (secondary N) is 2. The average molecular weight is 283 g/mol. The summed E-state index contributed by atoms with van der Waals surface area (Å²) in [5, 5.41) is 10.7. The maximum Gasteiger partial charge on any atom is 0.255 e. The number of aromatic nitrogens is 2. The van der Waals surface area contributed by atoms with Gasteiger partial charge in [-0.3, -0.25) is 9.89 Å². The monoisotopic (exact) mass is 283 g/mol. The van der Waals surface area contributed by atoms with Gasteiger partial charge in [0.05, 0.1) is 11.7 Å². The van der Waals surface area contributed by atoms with Crippen molar-refractivity contribution in [1.29, 1.82) is 0 Å². The number of nitrogens with zero attached hydrogens (tertiary/aromatic N) is 1. The fourth-order valence-corrected chi connectivity index (χ4v) is 2.36. The van der Waals surface area contributed by atoms with Gasteiger partial charge in [0, 0.05) is 21.5 Å². The van der Waals surface area contributed by atoms with Crippen LogP contribution in [0.15, 0.2) is 53.6 Å². The average Bonchev–Trinajstić information content (AvgIpc) is 2.95. The Hall–Kier alpha value is -2.27. The van der Waals surface area contributed by atoms with Gasteiger partial charge in [0.25, 0.3) is 5.91 Å². The van der Waals surface area contributed by atoms with E-state index in [0.717, 1.165) is 16.6 Å². The highest BCUT2D eigenvalue weighted by Gasteiger charge is 2.07. The van der Waals surface area contributed by atoms with Crippen LogP contribution in [-0.2, 0) is 0 Å². The molecule has 0 unspecified atom stereocenters. The van der Waals surface area contributed by atoms with Crippen LogP contribution >= 0.6 is 11.8 Å². The predicted molar refractivity (Wildman–Crippen MR) is 82.3 cm³/mol. The van der Waals surface area contributed by atoms with Crippen LogP contribution in [0.2, 0.25) is 0 Å². The van der Waals surface area contributed by atoms with Gasteiger partial charge in [-0.25, -0.2) is 0 Å². The predicted octanol–water partition coefficient (Wildman–Crippen LogP) is 3.54. The molecule has 1 aromatic heterocycles. The number of thioether (sulfide) groups is 1. The number of amides is 1. The smallest absolute Gasteiger partial charge is 0.255 e. The van der Waals surface area contributed by atoms with Crippen molar-refractivity contribution in [3.63, 3.8) is 0 Å². The van der Waals surface area contributed by atoms with Crippen molar-refractivity contribution in [2.24, 2.45) is 0 Å². The zero-order valence-corrected chi connectivity index (χ0v) is 11.7. The zero-order chi connectivity index (χ0) is 13.9. The van der Waals surface area contributed by atoms with Gasteiger partial charge in [0.2, 0.25) is 0 Å². The topological polar surface area (TPSA) is 57.8 Å². The lowest BCUT2D eigenvalue weighted by Crippen LogP contribution is -2.11. The Kier molecular flexibility index (Phi) is 3.43. The fourth-order valence-electron chi connectivity index (χ4n) is 1.96. The van der Waals surface area contributed by atoms with E-state index in [1.54, 1.807) is 30.1 Å². The van der Waals surface area contributed by atoms with E-state index < -0.39 is 0 Å². The van der Waals surface area contributed by atoms with E-state index in [0.29, 0.717) is 5.56 Å². The first kappa shape index (κ1) is 12.7. The highest BCUT2D eigenvalue weighted by atomic mass is 32.2. The molecule has 1 amide bonds. The molecule has 5 heteroatoms. The molecule has 3 aromatic rings. The molecule has 0 bridgehead atoms. The minimum atomic E-state index is -0.126. The molecule has 0 atom stereocenters. The van der Waals surface area contributed by atoms with Gasteiger partial charge in [-0.1, -0.05) is 6.07 Å². The van der Waals surface area contributed by atoms with E-state index in [9.17, 15) is 4.79 Å². The van der Waals surface area contributed by atoms with Crippen LogP contribution in [0, 0.1) is 0 Å². The molecule has 0 spiro atoms. The molecule has 100 valence electrons. The largest absolute Gasteiger partial charge is 0.322 e. The fraction of sp³-hybridized carbons (Fsp3) is 0.0667. The zero-order valence-electron chi connectivity index (χ0n) is 10.9. The molecule has 0 aliphatic rings. The normalized spacial score (nSPS) is 10.7. The maximum atomic E-state index is 12.2. The van der Waals surface area contributed by atoms with E-state index in [-0.39, 0.29) is 5.91 Å². The molecular weight excluding hydrogens is 270 g/mol. The van der Waals surface area contributed by atoms with E-state index >= 15 is 0 Å². The highest BCUT2D eigenvalue weighted by Crippen LogP contribution is 2.19. The second kappa shape index (κ2) is 5.38. The van der Waals surface area contributed by atoms with Gasteiger partial charge in [-0.15, -0.1) is 11.8 Å². The van der Waals surface area contributed by atoms with Gasteiger partial charge >= 0.3 is 0 Å². The van der Waals surface area contributed by atoms with Crippen LogP contribution < -0.4 is 5.32 Å². The lowest BCUT2D eigenvalue weighted by atomic mass is 10.1. The molecule has 0 saturated carbocycles. The number of carbonyl (C=O) groups is 1. The number of hydrogen-bond donors (Lipinski definition) is 2. The van der Waals surface area contributed by atoms with E-state index in [4.69, 9.17) is 0 Å². The van der Waals surface area contributed by atoms with Crippen molar-refractivity contribution in [2.75, 3.05) is 11.6 Å². The Morgan fingerprint density at radius 3 is 2.75 bits per heavy atom. The van der Waals surface area contributed by atoms with Crippen LogP contribution in [0.25, 0.3) is 10.9 Å². The maximum absolute atomic E-state index is 12.2. The van der Waals surface area contributed by atoms with Crippen LogP contribution in [0.1, 0.15) is 10.4 Å². The second-order valence-electron chi connectivity index (χ2n) is 4.35. The number of fused-ring (bicyclic) bond motifs is 1. The molecule has 2 N–H and O–H groups in total. The quantitative estimate of drug-likeness (QED) is 0.723. The van der Waals surface area contributed by atoms with Crippen molar-refractivity contribution < 1.29 is 4.79 Å². The Labute approximate surface area is 120 Å². The second-order valence-corrected chi connectivity index (χ2v) is 5.23. The molecule has 2 aromatic carbocycles. The summed E-state index contributed by atoms with van der Waals surface area (Å²) in [4.78, 5) is 13.4. The summed E-state index contributed by atoms with van der Waals surface area (Å²) >= 11 is 1.67. The first-order valence-corrected chi connectivity index (χ1v) is 7.37. The molecule has 0 saturated heterocycles. The number of benzene rings is 2. The minimum absolute atomic E-state index is 0.126. The van der Waals surface area contributed by atoms with Crippen LogP contribution in [0.5, 0.6) is 0 Å². The van der Waals surface area contributed by atoms with Gasteiger partial charge in [0.1, 0.15) is 0 Å². The third-order valence-corrected chi connectivity index (χ3v) is 3.80. The summed E-state index contributed by atoms with van der Waals surface area (Å²) in [5.74, 6) is -0.126. The van der Waals surface area contributed by atoms with Crippen molar-refractivity contribution in [1.82, 2.24) is 10.2 Å². The molecule has 3 rings (SSSR count). The summed E-state index contributed by atoms with van der Waals surface area (Å²) in [6.45, 7) is 0. The minimum Gasteiger partial charge on any atom is -0.322 e. The Balaban J connectivity index is 1.80. The first-order valence-electron chi connectivity index (χ1n) is 6.15. The number of anilines is 1. The summed E-state index contributed by atoms with van der Waals surface area (Å²) in [5.41, 5.74) is 2.25. The number of rotatable bonds is 3. The van der Waals surface area contributed by atoms with Crippen molar-refractivity contribution in [3.05, 3.63) is 54.2 Å². The van der Waals surface area contributed by atoms with Gasteiger partial charge in [-0.05, 0) is 42.7 Å². The van der Waals surface area contributed by atoms with E-state index in [1.807, 2.05) is 36.6 Å². The Morgan fingerprint density at radius 1 is 1.20 bits per heavy atom. The highest BCUT2D eigenvalue weighted by molar-refractivity contribution is 7.98. The van der Waals surface area contributed by atoms with Crippen molar-refractivity contribution in [2.45, 2.75) is 4.90 Å². The molecule has 0 aliphatic heterocycles. The summed E-state index contributed by atoms with van der Waals surface area (Å²) in [6.07, 6.45) is 3.76. The number of hydrogen-bond acceptors (Lipinski definition) is 3. The molecule has 0 aliphatic carbocycles. The standard InChI is InChI=1S/C15H13N3OS/c1-20-13-6-4-12(5-7-13)17-15(19)10-2-3-11-9-16-18-14(11)8-10/h2-9H,1H3,(H,16,18)(H,17,19). The third-order valence-electron chi connectivity index (χ3n) is 3.05. The summed E-state index contributed by atoms with van der Waals surface area (Å²) in [7, 11) is 0. The van der Waals surface area contributed by atoms with Crippen molar-refractivity contribution in [3.8, 4) is 0 Å². The molecule has 0 fully saturated rings. The van der Waals surface area contributed by atoms with Gasteiger partial charge in [-0.2, -0.15) is 5.10 Å². The SMILES string of the molecule is CSc1ccc(NC(=O)c2ccc3cn[nH]c3c2)cc1. The van der Waals surface area contributed by atoms with Crippen LogP contribution in [0.3, 0.4) is 0 Å². The van der Waals surface area contributed by atoms with Gasteiger partial charge in [0.15, 0.2) is 0 Å². The Morgan fingerprint density at radius 2 is 2.00 bits per heavy atom. The lowest BCUT2D eigenvalue weighted by Gasteiger charge is -2.06. The number of aromatic amines is 1. The number of carbonyl (C=O) groups excluding carboxylic acids is 1. The molecular formula is C15H13N3OS. The van der Waals surface area contributed by atoms with Crippen molar-refractivity contribution >= 4 is 34.3 Å². The Bertz CT molecular complexity index is 749. The molecule has 1 heterocycles. The summed E-state index contributed by atoms with van der Waals surface area (Å²) in [6, 6.07) is 13.2. The van der Waals surface area contributed by atoms with Gasteiger partial charge < -0.3 is 5.32 Å². The third kappa shape index (κ3) is 2.53. The first-order chi connectivity index (χ1) is 9.76. The molecule has 4 nitrogen and oxygen atoms in total.